The van der Waals surface area contributed by atoms with Gasteiger partial charge in [0, 0.05) is 0 Å². The van der Waals surface area contributed by atoms with Crippen LogP contribution in [0, 0.1) is 11.8 Å². The zero-order valence-corrected chi connectivity index (χ0v) is 9.12. The monoisotopic (exact) mass is 186 g/mol. The van der Waals surface area contributed by atoms with Gasteiger partial charge >= 0.3 is 0 Å². The van der Waals surface area contributed by atoms with Gasteiger partial charge in [0.25, 0.3) is 0 Å². The minimum atomic E-state index is -1.17. The van der Waals surface area contributed by atoms with Crippen LogP contribution in [0.4, 0.5) is 0 Å². The highest BCUT2D eigenvalue weighted by Gasteiger charge is 2.15. The quantitative estimate of drug-likeness (QED) is 0.450. The van der Waals surface area contributed by atoms with Crippen LogP contribution in [0.25, 0.3) is 0 Å². The molecule has 2 N–H and O–H groups in total. The Balaban J connectivity index is 0.000000310. The fraction of sp³-hybridized carbons (Fsp3) is 0.818. The van der Waals surface area contributed by atoms with E-state index in [0.29, 0.717) is 0 Å². The molecule has 0 radical (unpaired) electrons. The van der Waals surface area contributed by atoms with Crippen molar-refractivity contribution in [3.63, 3.8) is 0 Å². The zero-order valence-electron chi connectivity index (χ0n) is 9.12. The molecule has 1 aliphatic carbocycles. The number of rotatable bonds is 0. The van der Waals surface area contributed by atoms with Crippen LogP contribution in [0.5, 0.6) is 0 Å². The summed E-state index contributed by atoms with van der Waals surface area (Å²) >= 11 is 0. The molecule has 0 heterocycles. The third-order valence-corrected chi connectivity index (χ3v) is 2.45. The molecule has 0 spiro atoms. The summed E-state index contributed by atoms with van der Waals surface area (Å²) in [5.41, 5.74) is 1.58. The highest BCUT2D eigenvalue weighted by Crippen LogP contribution is 2.27. The topological polar surface area (TPSA) is 40.5 Å². The van der Waals surface area contributed by atoms with Crippen molar-refractivity contribution in [2.75, 3.05) is 0 Å². The first kappa shape index (κ1) is 12.7. The van der Waals surface area contributed by atoms with Gasteiger partial charge in [-0.15, -0.1) is 0 Å². The van der Waals surface area contributed by atoms with Gasteiger partial charge in [0.2, 0.25) is 0 Å². The molecule has 0 aliphatic heterocycles. The van der Waals surface area contributed by atoms with Crippen LogP contribution in [0.1, 0.15) is 40.5 Å². The van der Waals surface area contributed by atoms with E-state index in [4.69, 9.17) is 10.2 Å². The van der Waals surface area contributed by atoms with Gasteiger partial charge in [-0.05, 0) is 38.5 Å². The predicted octanol–water partition coefficient (Wildman–Crippen LogP) is 2.32. The molecule has 0 aromatic heterocycles. The zero-order chi connectivity index (χ0) is 10.4. The van der Waals surface area contributed by atoms with Crippen molar-refractivity contribution in [2.24, 2.45) is 11.8 Å². The minimum absolute atomic E-state index is 0.911. The molecule has 1 rings (SSSR count). The molecule has 0 aromatic rings. The van der Waals surface area contributed by atoms with Crippen LogP contribution in [0.3, 0.4) is 0 Å². The lowest BCUT2D eigenvalue weighted by Crippen LogP contribution is -2.11. The Hall–Kier alpha value is -0.340. The molecule has 0 fully saturated rings. The smallest absolute Gasteiger partial charge is 0.148 e. The van der Waals surface area contributed by atoms with Crippen molar-refractivity contribution in [3.8, 4) is 0 Å². The van der Waals surface area contributed by atoms with E-state index in [-0.39, 0.29) is 0 Å². The first-order valence-electron chi connectivity index (χ1n) is 4.95. The molecule has 2 nitrogen and oxygen atoms in total. The molecule has 0 aromatic carbocycles. The van der Waals surface area contributed by atoms with E-state index < -0.39 is 6.29 Å². The van der Waals surface area contributed by atoms with E-state index in [1.165, 1.54) is 19.8 Å². The van der Waals surface area contributed by atoms with Gasteiger partial charge in [0.05, 0.1) is 0 Å². The average Bonchev–Trinajstić information content (AvgIpc) is 1.96. The average molecular weight is 186 g/mol. The van der Waals surface area contributed by atoms with Gasteiger partial charge in [-0.1, -0.05) is 25.5 Å². The lowest BCUT2D eigenvalue weighted by atomic mass is 9.83. The highest BCUT2D eigenvalue weighted by molar-refractivity contribution is 5.04. The van der Waals surface area contributed by atoms with E-state index >= 15 is 0 Å². The molecule has 0 bridgehead atoms. The third kappa shape index (κ3) is 6.79. The van der Waals surface area contributed by atoms with E-state index in [1.807, 2.05) is 0 Å². The molecule has 78 valence electrons. The van der Waals surface area contributed by atoms with Gasteiger partial charge in [-0.25, -0.2) is 0 Å². The highest BCUT2D eigenvalue weighted by atomic mass is 16.5. The van der Waals surface area contributed by atoms with Crippen molar-refractivity contribution in [1.82, 2.24) is 0 Å². The van der Waals surface area contributed by atoms with Crippen LogP contribution >= 0.6 is 0 Å². The molecular weight excluding hydrogens is 164 g/mol. The van der Waals surface area contributed by atoms with Crippen molar-refractivity contribution in [2.45, 2.75) is 46.8 Å². The van der Waals surface area contributed by atoms with Crippen molar-refractivity contribution < 1.29 is 10.2 Å². The fourth-order valence-electron chi connectivity index (χ4n) is 1.41. The van der Waals surface area contributed by atoms with Crippen LogP contribution < -0.4 is 0 Å². The van der Waals surface area contributed by atoms with Gasteiger partial charge in [0.15, 0.2) is 0 Å². The summed E-state index contributed by atoms with van der Waals surface area (Å²) in [6, 6.07) is 0. The molecule has 2 atom stereocenters. The normalized spacial score (nSPS) is 27.8. The summed E-state index contributed by atoms with van der Waals surface area (Å²) in [5.74, 6) is 1.82. The SMILES string of the molecule is CC(O)O.CC1=CCC(C)C(C)C1. The number of aliphatic hydroxyl groups is 2. The first-order chi connectivity index (χ1) is 5.93. The number of aliphatic hydroxyl groups excluding tert-OH is 1. The summed E-state index contributed by atoms with van der Waals surface area (Å²) in [7, 11) is 0. The van der Waals surface area contributed by atoms with Gasteiger partial charge in [0.1, 0.15) is 6.29 Å². The second-order valence-corrected chi connectivity index (χ2v) is 4.08. The first-order valence-corrected chi connectivity index (χ1v) is 4.95. The lowest BCUT2D eigenvalue weighted by molar-refractivity contribution is -0.0228. The number of hydrogen-bond donors (Lipinski definition) is 2. The molecular formula is C11H22O2. The lowest BCUT2D eigenvalue weighted by Gasteiger charge is -2.23. The second kappa shape index (κ2) is 6.17. The number of allylic oxidation sites excluding steroid dienone is 2. The standard InChI is InChI=1S/C9H16.C2H6O2/c1-7-4-5-8(2)9(3)6-7;1-2(3)4/h4,8-9H,5-6H2,1-3H3;2-4H,1H3. The molecule has 13 heavy (non-hydrogen) atoms. The Kier molecular flexibility index (Phi) is 6.00. The molecule has 2 heteroatoms. The van der Waals surface area contributed by atoms with Crippen LogP contribution in [0.2, 0.25) is 0 Å². The van der Waals surface area contributed by atoms with Gasteiger partial charge in [-0.2, -0.15) is 0 Å². The van der Waals surface area contributed by atoms with Crippen LogP contribution in [0.15, 0.2) is 11.6 Å². The maximum atomic E-state index is 7.61. The third-order valence-electron chi connectivity index (χ3n) is 2.45. The summed E-state index contributed by atoms with van der Waals surface area (Å²) in [6.45, 7) is 8.21. The Morgan fingerprint density at radius 1 is 1.31 bits per heavy atom. The maximum absolute atomic E-state index is 7.61. The van der Waals surface area contributed by atoms with E-state index in [2.05, 4.69) is 26.8 Å². The maximum Gasteiger partial charge on any atom is 0.148 e. The Morgan fingerprint density at radius 2 is 1.77 bits per heavy atom. The van der Waals surface area contributed by atoms with E-state index in [1.54, 1.807) is 5.57 Å². The Bertz CT molecular complexity index is 159. The van der Waals surface area contributed by atoms with Crippen molar-refractivity contribution in [3.05, 3.63) is 11.6 Å². The summed E-state index contributed by atoms with van der Waals surface area (Å²) in [6.07, 6.45) is 3.83. The Morgan fingerprint density at radius 3 is 2.08 bits per heavy atom. The number of hydrogen-bond acceptors (Lipinski definition) is 2. The largest absolute Gasteiger partial charge is 0.368 e. The van der Waals surface area contributed by atoms with Gasteiger partial charge < -0.3 is 10.2 Å². The van der Waals surface area contributed by atoms with Crippen LogP contribution in [-0.2, 0) is 0 Å². The molecule has 0 saturated carbocycles. The summed E-state index contributed by atoms with van der Waals surface area (Å²) in [5, 5.41) is 15.2. The minimum Gasteiger partial charge on any atom is -0.368 e. The van der Waals surface area contributed by atoms with Gasteiger partial charge in [-0.3, -0.25) is 0 Å². The van der Waals surface area contributed by atoms with Crippen molar-refractivity contribution in [1.29, 1.82) is 0 Å². The van der Waals surface area contributed by atoms with E-state index in [0.717, 1.165) is 11.8 Å². The molecule has 1 aliphatic rings. The second-order valence-electron chi connectivity index (χ2n) is 4.08. The van der Waals surface area contributed by atoms with E-state index in [9.17, 15) is 0 Å². The predicted molar refractivity (Wildman–Crippen MR) is 55.2 cm³/mol. The molecule has 2 unspecified atom stereocenters. The Labute approximate surface area is 81.3 Å². The summed E-state index contributed by atoms with van der Waals surface area (Å²) < 4.78 is 0. The fourth-order valence-corrected chi connectivity index (χ4v) is 1.41. The summed E-state index contributed by atoms with van der Waals surface area (Å²) in [4.78, 5) is 0. The van der Waals surface area contributed by atoms with Crippen molar-refractivity contribution >= 4 is 0 Å². The molecule has 0 saturated heterocycles. The molecule has 0 amide bonds. The van der Waals surface area contributed by atoms with Crippen LogP contribution in [-0.4, -0.2) is 16.5 Å².